The van der Waals surface area contributed by atoms with Gasteiger partial charge in [-0.15, -0.1) is 11.8 Å². The fourth-order valence-corrected chi connectivity index (χ4v) is 2.74. The molecular formula is C11H10BrFN2O5S. The number of aliphatic carboxylic acids is 1. The molecule has 0 saturated heterocycles. The lowest BCUT2D eigenvalue weighted by Gasteiger charge is -2.12. The predicted molar refractivity (Wildman–Crippen MR) is 76.7 cm³/mol. The molecule has 1 aromatic rings. The summed E-state index contributed by atoms with van der Waals surface area (Å²) < 4.78 is 13.4. The molecule has 1 aromatic carbocycles. The van der Waals surface area contributed by atoms with E-state index < -0.39 is 28.7 Å². The summed E-state index contributed by atoms with van der Waals surface area (Å²) >= 11 is 3.62. The summed E-state index contributed by atoms with van der Waals surface area (Å²) in [6.45, 7) is 1.16. The zero-order valence-corrected chi connectivity index (χ0v) is 13.0. The van der Waals surface area contributed by atoms with Crippen LogP contribution in [0.2, 0.25) is 0 Å². The minimum Gasteiger partial charge on any atom is -0.480 e. The van der Waals surface area contributed by atoms with Crippen LogP contribution in [0.4, 0.5) is 10.1 Å². The number of carboxylic acids is 1. The van der Waals surface area contributed by atoms with E-state index in [1.54, 1.807) is 0 Å². The lowest BCUT2D eigenvalue weighted by Crippen LogP contribution is -2.41. The number of amides is 1. The van der Waals surface area contributed by atoms with Gasteiger partial charge in [0.1, 0.15) is 11.9 Å². The number of carbonyl (C=O) groups excluding carboxylic acids is 1. The number of halogens is 2. The fourth-order valence-electron chi connectivity index (χ4n) is 1.37. The zero-order chi connectivity index (χ0) is 16.2. The Bertz CT molecular complexity index is 598. The summed E-state index contributed by atoms with van der Waals surface area (Å²) in [6.07, 6.45) is 0. The number of rotatable bonds is 6. The van der Waals surface area contributed by atoms with Crippen LogP contribution in [0, 0.1) is 15.9 Å². The number of carbonyl (C=O) groups is 2. The normalized spacial score (nSPS) is 11.8. The van der Waals surface area contributed by atoms with Gasteiger partial charge >= 0.3 is 5.97 Å². The van der Waals surface area contributed by atoms with Crippen molar-refractivity contribution >= 4 is 45.3 Å². The summed E-state index contributed by atoms with van der Waals surface area (Å²) in [5.74, 6) is -2.69. The number of hydrogen-bond acceptors (Lipinski definition) is 5. The summed E-state index contributed by atoms with van der Waals surface area (Å²) in [7, 11) is 0. The third-order valence-electron chi connectivity index (χ3n) is 2.28. The maximum atomic E-state index is 13.4. The van der Waals surface area contributed by atoms with Crippen molar-refractivity contribution in [3.8, 4) is 0 Å². The third-order valence-corrected chi connectivity index (χ3v) is 4.03. The van der Waals surface area contributed by atoms with Crippen molar-refractivity contribution in [2.45, 2.75) is 17.9 Å². The summed E-state index contributed by atoms with van der Waals surface area (Å²) in [5, 5.41) is 22.0. The first-order chi connectivity index (χ1) is 9.72. The highest BCUT2D eigenvalue weighted by Gasteiger charge is 2.23. The number of nitro groups is 1. The molecule has 0 unspecified atom stereocenters. The molecule has 1 amide bonds. The van der Waals surface area contributed by atoms with Gasteiger partial charge in [0.15, 0.2) is 0 Å². The van der Waals surface area contributed by atoms with E-state index >= 15 is 0 Å². The number of hydrogen-bond donors (Lipinski definition) is 2. The van der Waals surface area contributed by atoms with E-state index in [2.05, 4.69) is 21.2 Å². The van der Waals surface area contributed by atoms with Gasteiger partial charge in [0, 0.05) is 18.7 Å². The van der Waals surface area contributed by atoms with E-state index in [1.807, 2.05) is 0 Å². The van der Waals surface area contributed by atoms with Gasteiger partial charge in [0.2, 0.25) is 5.91 Å². The van der Waals surface area contributed by atoms with Gasteiger partial charge in [-0.1, -0.05) is 0 Å². The molecule has 0 fully saturated rings. The van der Waals surface area contributed by atoms with Crippen LogP contribution < -0.4 is 5.32 Å². The number of benzene rings is 1. The minimum absolute atomic E-state index is 0.0164. The molecule has 0 saturated carbocycles. The highest BCUT2D eigenvalue weighted by Crippen LogP contribution is 2.33. The highest BCUT2D eigenvalue weighted by atomic mass is 79.9. The van der Waals surface area contributed by atoms with Crippen LogP contribution in [0.1, 0.15) is 6.92 Å². The lowest BCUT2D eigenvalue weighted by atomic mass is 10.3. The Balaban J connectivity index is 2.96. The maximum absolute atomic E-state index is 13.4. The molecule has 7 nitrogen and oxygen atoms in total. The number of thioether (sulfide) groups is 1. The van der Waals surface area contributed by atoms with Crippen LogP contribution in [0.5, 0.6) is 0 Å². The SMILES string of the molecule is CC(=O)N[C@@H](CSc1cc(F)c(Br)cc1[N+](=O)[O-])C(=O)O. The first kappa shape index (κ1) is 17.4. The van der Waals surface area contributed by atoms with Gasteiger partial charge in [0.05, 0.1) is 14.3 Å². The predicted octanol–water partition coefficient (Wildman–Crippen LogP) is 2.18. The summed E-state index contributed by atoms with van der Waals surface area (Å²) in [4.78, 5) is 32.0. The third kappa shape index (κ3) is 4.97. The average molecular weight is 381 g/mol. The molecule has 0 heterocycles. The Labute approximate surface area is 131 Å². The van der Waals surface area contributed by atoms with E-state index in [0.29, 0.717) is 0 Å². The lowest BCUT2D eigenvalue weighted by molar-refractivity contribution is -0.387. The number of nitrogens with zero attached hydrogens (tertiary/aromatic N) is 1. The molecule has 2 N–H and O–H groups in total. The highest BCUT2D eigenvalue weighted by molar-refractivity contribution is 9.10. The van der Waals surface area contributed by atoms with Gasteiger partial charge in [-0.2, -0.15) is 0 Å². The molecule has 21 heavy (non-hydrogen) atoms. The Hall–Kier alpha value is -1.68. The summed E-state index contributed by atoms with van der Waals surface area (Å²) in [5.41, 5.74) is -0.347. The first-order valence-electron chi connectivity index (χ1n) is 5.48. The van der Waals surface area contributed by atoms with Crippen LogP contribution in [0.3, 0.4) is 0 Å². The van der Waals surface area contributed by atoms with E-state index in [1.165, 1.54) is 0 Å². The van der Waals surface area contributed by atoms with Crippen LogP contribution in [-0.2, 0) is 9.59 Å². The van der Waals surface area contributed by atoms with Crippen molar-refractivity contribution in [1.82, 2.24) is 5.32 Å². The van der Waals surface area contributed by atoms with Gasteiger partial charge in [-0.05, 0) is 22.0 Å². The molecule has 0 bridgehead atoms. The fraction of sp³-hybridized carbons (Fsp3) is 0.273. The van der Waals surface area contributed by atoms with Gasteiger partial charge in [-0.25, -0.2) is 9.18 Å². The monoisotopic (exact) mass is 380 g/mol. The smallest absolute Gasteiger partial charge is 0.327 e. The quantitative estimate of drug-likeness (QED) is 0.444. The minimum atomic E-state index is -1.28. The van der Waals surface area contributed by atoms with Crippen molar-refractivity contribution in [2.24, 2.45) is 0 Å². The van der Waals surface area contributed by atoms with Crippen LogP contribution in [0.15, 0.2) is 21.5 Å². The van der Waals surface area contributed by atoms with Gasteiger partial charge in [-0.3, -0.25) is 14.9 Å². The second kappa shape index (κ2) is 7.36. The molecule has 0 aromatic heterocycles. The maximum Gasteiger partial charge on any atom is 0.327 e. The Kier molecular flexibility index (Phi) is 6.09. The molecule has 0 spiro atoms. The van der Waals surface area contributed by atoms with Crippen LogP contribution in [-0.4, -0.2) is 33.7 Å². The Morgan fingerprint density at radius 1 is 1.57 bits per heavy atom. The summed E-state index contributed by atoms with van der Waals surface area (Å²) in [6, 6.07) is 0.726. The molecule has 1 rings (SSSR count). The molecule has 0 aliphatic carbocycles. The van der Waals surface area contributed by atoms with Crippen molar-refractivity contribution in [3.05, 3.63) is 32.5 Å². The van der Waals surface area contributed by atoms with E-state index in [9.17, 15) is 24.1 Å². The van der Waals surface area contributed by atoms with Crippen molar-refractivity contribution in [1.29, 1.82) is 0 Å². The number of carboxylic acid groups (broad SMARTS) is 1. The largest absolute Gasteiger partial charge is 0.480 e. The van der Waals surface area contributed by atoms with Crippen molar-refractivity contribution < 1.29 is 24.0 Å². The first-order valence-corrected chi connectivity index (χ1v) is 7.26. The van der Waals surface area contributed by atoms with E-state index in [4.69, 9.17) is 5.11 Å². The van der Waals surface area contributed by atoms with Crippen molar-refractivity contribution in [3.63, 3.8) is 0 Å². The van der Waals surface area contributed by atoms with Crippen LogP contribution in [0.25, 0.3) is 0 Å². The second-order valence-electron chi connectivity index (χ2n) is 3.89. The van der Waals surface area contributed by atoms with Gasteiger partial charge < -0.3 is 10.4 Å². The molecule has 10 heteroatoms. The molecule has 0 radical (unpaired) electrons. The number of nitrogens with one attached hydrogen (secondary N) is 1. The second-order valence-corrected chi connectivity index (χ2v) is 5.81. The standard InChI is InChI=1S/C11H10BrFN2O5S/c1-5(16)14-8(11(17)18)4-21-10-3-7(13)6(12)2-9(10)15(19)20/h2-3,8H,4H2,1H3,(H,14,16)(H,17,18)/t8-/m0/s1. The number of nitro benzene ring substituents is 1. The molecule has 114 valence electrons. The molecule has 1 atom stereocenters. The molecule has 0 aliphatic heterocycles. The molecule has 0 aliphatic rings. The van der Waals surface area contributed by atoms with Crippen LogP contribution >= 0.6 is 27.7 Å². The average Bonchev–Trinajstić information content (AvgIpc) is 2.36. The van der Waals surface area contributed by atoms with Gasteiger partial charge in [0.25, 0.3) is 5.69 Å². The van der Waals surface area contributed by atoms with Crippen molar-refractivity contribution in [2.75, 3.05) is 5.75 Å². The van der Waals surface area contributed by atoms with E-state index in [-0.39, 0.29) is 20.8 Å². The Morgan fingerprint density at radius 2 is 2.19 bits per heavy atom. The van der Waals surface area contributed by atoms with E-state index in [0.717, 1.165) is 30.8 Å². The Morgan fingerprint density at radius 3 is 2.67 bits per heavy atom. The zero-order valence-electron chi connectivity index (χ0n) is 10.6. The molecular weight excluding hydrogens is 371 g/mol. The topological polar surface area (TPSA) is 110 Å².